The molecule has 1 heterocycles. The number of fused-ring (bicyclic) bond motifs is 1. The monoisotopic (exact) mass is 239 g/mol. The second kappa shape index (κ2) is 7.30. The minimum absolute atomic E-state index is 0. The summed E-state index contributed by atoms with van der Waals surface area (Å²) >= 11 is 0. The van der Waals surface area contributed by atoms with Crippen molar-refractivity contribution in [3.05, 3.63) is 48.9 Å². The Labute approximate surface area is 141 Å². The van der Waals surface area contributed by atoms with Gasteiger partial charge in [0.05, 0.1) is 0 Å². The van der Waals surface area contributed by atoms with Crippen LogP contribution >= 0.6 is 0 Å². The maximum absolute atomic E-state index is 4.46. The van der Waals surface area contributed by atoms with Gasteiger partial charge in [0.25, 0.3) is 0 Å². The van der Waals surface area contributed by atoms with Crippen LogP contribution < -0.4 is 56.7 Å². The molecule has 1 N–H and O–H groups in total. The van der Waals surface area contributed by atoms with Gasteiger partial charge in [0.15, 0.2) is 0 Å². The molecule has 2 rings (SSSR count). The quantitative estimate of drug-likeness (QED) is 0.560. The van der Waals surface area contributed by atoms with Gasteiger partial charge in [0.2, 0.25) is 0 Å². The summed E-state index contributed by atoms with van der Waals surface area (Å²) in [4.78, 5) is 4.46. The van der Waals surface area contributed by atoms with Crippen molar-refractivity contribution in [1.29, 1.82) is 0 Å². The van der Waals surface area contributed by atoms with Crippen LogP contribution in [0.1, 0.15) is 18.2 Å². The van der Waals surface area contributed by atoms with Crippen molar-refractivity contribution in [3.63, 3.8) is 0 Å². The molecule has 0 saturated heterocycles. The van der Waals surface area contributed by atoms with E-state index in [0.29, 0.717) is 0 Å². The van der Waals surface area contributed by atoms with Crippen LogP contribution in [0.5, 0.6) is 0 Å². The molecule has 3 heteroatoms. The van der Waals surface area contributed by atoms with Crippen LogP contribution in [0.3, 0.4) is 0 Å². The number of hydrogen-bond donors (Lipinski definition) is 1. The van der Waals surface area contributed by atoms with E-state index >= 15 is 0 Å². The van der Waals surface area contributed by atoms with E-state index < -0.39 is 0 Å². The predicted molar refractivity (Wildman–Crippen MR) is 67.2 cm³/mol. The van der Waals surface area contributed by atoms with Crippen LogP contribution in [-0.2, 0) is 0 Å². The van der Waals surface area contributed by atoms with Gasteiger partial charge in [0.1, 0.15) is 5.82 Å². The largest absolute Gasteiger partial charge is 1.00 e. The zero-order valence-corrected chi connectivity index (χ0v) is 13.5. The molecular weight excluding hydrogens is 223 g/mol. The second-order valence-corrected chi connectivity index (χ2v) is 3.33. The summed E-state index contributed by atoms with van der Waals surface area (Å²) in [6.07, 6.45) is 8.32. The molecule has 80 valence electrons. The first-order valence-corrected chi connectivity index (χ1v) is 4.68. The van der Waals surface area contributed by atoms with Crippen LogP contribution in [0.4, 0.5) is 5.82 Å². The number of nitrogens with one attached hydrogen (secondary N) is 1. The van der Waals surface area contributed by atoms with Gasteiger partial charge in [-0.05, 0) is 6.07 Å². The van der Waals surface area contributed by atoms with E-state index in [1.807, 2.05) is 19.2 Å². The van der Waals surface area contributed by atoms with E-state index in [1.165, 1.54) is 5.92 Å². The third-order valence-corrected chi connectivity index (χ3v) is 2.24. The molecule has 0 aromatic carbocycles. The molecule has 1 aliphatic rings. The van der Waals surface area contributed by atoms with Gasteiger partial charge in [-0.3, -0.25) is 0 Å². The molecule has 0 spiro atoms. The number of anilines is 1. The molecule has 0 amide bonds. The average molecular weight is 239 g/mol. The maximum atomic E-state index is 4.46. The molecule has 2 nitrogen and oxygen atoms in total. The number of nitrogens with zero attached hydrogens (tertiary/aromatic N) is 1. The Balaban J connectivity index is 0.00000112. The zero-order chi connectivity index (χ0) is 9.97. The van der Waals surface area contributed by atoms with Crippen LogP contribution in [-0.4, -0.2) is 12.0 Å². The smallest absolute Gasteiger partial charge is 0.373 e. The summed E-state index contributed by atoms with van der Waals surface area (Å²) in [6, 6.07) is 4.06. The molecule has 16 heavy (non-hydrogen) atoms. The van der Waals surface area contributed by atoms with Gasteiger partial charge in [-0.1, -0.05) is 18.6 Å². The molecule has 0 saturated carbocycles. The minimum atomic E-state index is 0. The van der Waals surface area contributed by atoms with Crippen molar-refractivity contribution in [2.24, 2.45) is 0 Å². The summed E-state index contributed by atoms with van der Waals surface area (Å²) in [5.41, 5.74) is 2.18. The van der Waals surface area contributed by atoms with E-state index in [4.69, 9.17) is 0 Å². The molecule has 1 aromatic heterocycles. The topological polar surface area (TPSA) is 24.9 Å². The van der Waals surface area contributed by atoms with Gasteiger partial charge in [-0.25, -0.2) is 4.98 Å². The first-order valence-electron chi connectivity index (χ1n) is 4.68. The molecule has 0 fully saturated rings. The summed E-state index contributed by atoms with van der Waals surface area (Å²) < 4.78 is 0. The Hall–Kier alpha value is -0.0636. The van der Waals surface area contributed by atoms with Gasteiger partial charge >= 0.3 is 51.4 Å². The van der Waals surface area contributed by atoms with Crippen molar-refractivity contribution in [2.75, 3.05) is 12.4 Å². The summed E-state index contributed by atoms with van der Waals surface area (Å²) in [5.74, 6) is 2.15. The number of pyridine rings is 1. The molecule has 0 aliphatic heterocycles. The van der Waals surface area contributed by atoms with E-state index in [2.05, 4.69) is 41.5 Å². The Morgan fingerprint density at radius 2 is 1.88 bits per heavy atom. The van der Waals surface area contributed by atoms with Gasteiger partial charge in [-0.2, -0.15) is 18.1 Å². The summed E-state index contributed by atoms with van der Waals surface area (Å²) in [7, 11) is 1.88. The van der Waals surface area contributed by atoms with Gasteiger partial charge < -0.3 is 12.7 Å². The van der Waals surface area contributed by atoms with E-state index in [-0.39, 0.29) is 58.8 Å². The molecule has 1 aromatic rings. The first-order chi connectivity index (χ1) is 6.79. The van der Waals surface area contributed by atoms with Crippen molar-refractivity contribution >= 4 is 18.0 Å². The van der Waals surface area contributed by atoms with Crippen LogP contribution in [0.2, 0.25) is 0 Å². The zero-order valence-electron chi connectivity index (χ0n) is 10.4. The van der Waals surface area contributed by atoms with Crippen LogP contribution in [0, 0.1) is 13.3 Å². The SMILES string of the molecule is CNc1ccc2c(n1)C=C[C-](C)C=C2.[CH3-].[K+]. The normalized spacial score (nSPS) is 12.0. The van der Waals surface area contributed by atoms with Crippen molar-refractivity contribution in [1.82, 2.24) is 4.98 Å². The van der Waals surface area contributed by atoms with E-state index in [0.717, 1.165) is 17.1 Å². The third kappa shape index (κ3) is 3.75. The predicted octanol–water partition coefficient (Wildman–Crippen LogP) is 0.212. The minimum Gasteiger partial charge on any atom is -0.373 e. The molecule has 0 atom stereocenters. The Morgan fingerprint density at radius 1 is 1.19 bits per heavy atom. The van der Waals surface area contributed by atoms with Crippen molar-refractivity contribution < 1.29 is 51.4 Å². The molecule has 1 aliphatic carbocycles. The molecule has 0 bridgehead atoms. The van der Waals surface area contributed by atoms with Crippen molar-refractivity contribution in [3.8, 4) is 0 Å². The number of hydrogen-bond acceptors (Lipinski definition) is 2. The fraction of sp³-hybridized carbons (Fsp3) is 0.154. The van der Waals surface area contributed by atoms with Gasteiger partial charge in [0, 0.05) is 12.7 Å². The standard InChI is InChI=1S/C12H13N2.CH3.K/c1-9-3-5-10-6-8-12(13-2)14-11(10)7-4-9;;/h3-8H,1-2H3,(H,13,14);1H3;/q2*-1;+1. The molecule has 0 radical (unpaired) electrons. The molecule has 0 unspecified atom stereocenters. The molecular formula is C13H16KN2-. The van der Waals surface area contributed by atoms with Crippen molar-refractivity contribution in [2.45, 2.75) is 6.92 Å². The summed E-state index contributed by atoms with van der Waals surface area (Å²) in [6.45, 7) is 2.08. The summed E-state index contributed by atoms with van der Waals surface area (Å²) in [5, 5.41) is 3.03. The number of aromatic nitrogens is 1. The second-order valence-electron chi connectivity index (χ2n) is 3.33. The van der Waals surface area contributed by atoms with Crippen LogP contribution in [0.15, 0.2) is 24.3 Å². The van der Waals surface area contributed by atoms with Gasteiger partial charge in [-0.15, -0.1) is 12.2 Å². The van der Waals surface area contributed by atoms with E-state index in [1.54, 1.807) is 0 Å². The van der Waals surface area contributed by atoms with Crippen LogP contribution in [0.25, 0.3) is 12.2 Å². The maximum Gasteiger partial charge on any atom is 1.00 e. The average Bonchev–Trinajstić information content (AvgIpc) is 2.40. The third-order valence-electron chi connectivity index (χ3n) is 2.24. The fourth-order valence-electron chi connectivity index (χ4n) is 1.39. The first kappa shape index (κ1) is 15.9. The number of rotatable bonds is 1. The Kier molecular flexibility index (Phi) is 7.27. The Bertz CT molecular complexity index is 397. The van der Waals surface area contributed by atoms with E-state index in [9.17, 15) is 0 Å². The Morgan fingerprint density at radius 3 is 2.56 bits per heavy atom. The fourth-order valence-corrected chi connectivity index (χ4v) is 1.39. The number of allylic oxidation sites excluding steroid dienone is 2.